The van der Waals surface area contributed by atoms with Crippen molar-refractivity contribution in [1.82, 2.24) is 5.32 Å². The molecular weight excluding hydrogens is 262 g/mol. The zero-order chi connectivity index (χ0) is 15.3. The monoisotopic (exact) mass is 291 g/mol. The number of rotatable bonds is 6. The second kappa shape index (κ2) is 7.28. The minimum Gasteiger partial charge on any atom is -0.491 e. The van der Waals surface area contributed by atoms with Gasteiger partial charge in [0.1, 0.15) is 12.4 Å². The van der Waals surface area contributed by atoms with E-state index in [1.54, 1.807) is 0 Å². The van der Waals surface area contributed by atoms with Crippen molar-refractivity contribution in [3.63, 3.8) is 0 Å². The average Bonchev–Trinajstić information content (AvgIpc) is 2.90. The SMILES string of the molecule is CCNCC1CCC(COc2ccc(C(C)(C)C)cc2)O1. The van der Waals surface area contributed by atoms with E-state index in [2.05, 4.69) is 57.3 Å². The quantitative estimate of drug-likeness (QED) is 0.870. The van der Waals surface area contributed by atoms with E-state index in [9.17, 15) is 0 Å². The molecule has 1 N–H and O–H groups in total. The minimum atomic E-state index is 0.187. The Kier molecular flexibility index (Phi) is 5.65. The van der Waals surface area contributed by atoms with Crippen molar-refractivity contribution in [2.75, 3.05) is 19.7 Å². The molecule has 3 heteroatoms. The lowest BCUT2D eigenvalue weighted by atomic mass is 9.87. The largest absolute Gasteiger partial charge is 0.491 e. The summed E-state index contributed by atoms with van der Waals surface area (Å²) in [6.45, 7) is 11.4. The van der Waals surface area contributed by atoms with Crippen molar-refractivity contribution in [3.8, 4) is 5.75 Å². The number of likely N-dealkylation sites (N-methyl/N-ethyl adjacent to an activating group) is 1. The molecule has 1 heterocycles. The molecule has 0 aliphatic carbocycles. The molecule has 1 aliphatic heterocycles. The third-order valence-corrected chi connectivity index (χ3v) is 3.97. The molecule has 0 amide bonds. The summed E-state index contributed by atoms with van der Waals surface area (Å²) in [5, 5.41) is 3.34. The van der Waals surface area contributed by atoms with Crippen LogP contribution in [0.5, 0.6) is 5.75 Å². The van der Waals surface area contributed by atoms with Gasteiger partial charge in [-0.2, -0.15) is 0 Å². The zero-order valence-electron chi connectivity index (χ0n) is 13.8. The predicted molar refractivity (Wildman–Crippen MR) is 87.1 cm³/mol. The molecular formula is C18H29NO2. The van der Waals surface area contributed by atoms with E-state index in [0.29, 0.717) is 12.7 Å². The van der Waals surface area contributed by atoms with Crippen molar-refractivity contribution in [1.29, 1.82) is 0 Å². The Hall–Kier alpha value is -1.06. The lowest BCUT2D eigenvalue weighted by Gasteiger charge is -2.19. The van der Waals surface area contributed by atoms with Crippen molar-refractivity contribution in [3.05, 3.63) is 29.8 Å². The standard InChI is InChI=1S/C18H29NO2/c1-5-19-12-16-10-11-17(21-16)13-20-15-8-6-14(7-9-15)18(2,3)4/h6-9,16-17,19H,5,10-13H2,1-4H3. The number of nitrogens with one attached hydrogen (secondary N) is 1. The van der Waals surface area contributed by atoms with Crippen LogP contribution in [0.1, 0.15) is 46.1 Å². The smallest absolute Gasteiger partial charge is 0.119 e. The van der Waals surface area contributed by atoms with E-state index >= 15 is 0 Å². The maximum atomic E-state index is 5.98. The van der Waals surface area contributed by atoms with E-state index < -0.39 is 0 Å². The normalized spacial score (nSPS) is 22.5. The lowest BCUT2D eigenvalue weighted by molar-refractivity contribution is 0.0188. The summed E-state index contributed by atoms with van der Waals surface area (Å²) < 4.78 is 11.8. The van der Waals surface area contributed by atoms with Crippen molar-refractivity contribution >= 4 is 0 Å². The molecule has 1 aromatic rings. The molecule has 1 saturated heterocycles. The Morgan fingerprint density at radius 2 is 1.81 bits per heavy atom. The van der Waals surface area contributed by atoms with E-state index in [1.807, 2.05) is 0 Å². The second-order valence-electron chi connectivity index (χ2n) is 6.85. The Bertz CT molecular complexity index is 422. The van der Waals surface area contributed by atoms with Crippen LogP contribution in [0.4, 0.5) is 0 Å². The number of hydrogen-bond acceptors (Lipinski definition) is 3. The highest BCUT2D eigenvalue weighted by Gasteiger charge is 2.25. The molecule has 0 radical (unpaired) electrons. The Balaban J connectivity index is 1.76. The Morgan fingerprint density at radius 3 is 2.43 bits per heavy atom. The second-order valence-corrected chi connectivity index (χ2v) is 6.85. The molecule has 3 nitrogen and oxygen atoms in total. The Labute approximate surface area is 129 Å². The number of ether oxygens (including phenoxy) is 2. The van der Waals surface area contributed by atoms with E-state index in [4.69, 9.17) is 9.47 Å². The maximum absolute atomic E-state index is 5.98. The van der Waals surface area contributed by atoms with Gasteiger partial charge in [0.25, 0.3) is 0 Å². The summed E-state index contributed by atoms with van der Waals surface area (Å²) in [5.41, 5.74) is 1.52. The lowest BCUT2D eigenvalue weighted by Crippen LogP contribution is -2.28. The number of benzene rings is 1. The molecule has 0 spiro atoms. The van der Waals surface area contributed by atoms with Gasteiger partial charge in [0.2, 0.25) is 0 Å². The Morgan fingerprint density at radius 1 is 1.14 bits per heavy atom. The predicted octanol–water partition coefficient (Wildman–Crippen LogP) is 3.52. The van der Waals surface area contributed by atoms with Gasteiger partial charge in [-0.25, -0.2) is 0 Å². The summed E-state index contributed by atoms with van der Waals surface area (Å²) in [6, 6.07) is 8.43. The van der Waals surface area contributed by atoms with Crippen LogP contribution >= 0.6 is 0 Å². The van der Waals surface area contributed by atoms with Crippen LogP contribution in [0.3, 0.4) is 0 Å². The van der Waals surface area contributed by atoms with Crippen molar-refractivity contribution in [2.45, 2.75) is 58.2 Å². The van der Waals surface area contributed by atoms with Crippen LogP contribution < -0.4 is 10.1 Å². The van der Waals surface area contributed by atoms with Crippen LogP contribution in [0.25, 0.3) is 0 Å². The third kappa shape index (κ3) is 5.01. The van der Waals surface area contributed by atoms with Crippen molar-refractivity contribution in [2.24, 2.45) is 0 Å². The fourth-order valence-electron chi connectivity index (χ4n) is 2.60. The molecule has 2 rings (SSSR count). The highest BCUT2D eigenvalue weighted by Crippen LogP contribution is 2.25. The van der Waals surface area contributed by atoms with Crippen LogP contribution in [0, 0.1) is 0 Å². The summed E-state index contributed by atoms with van der Waals surface area (Å²) in [4.78, 5) is 0. The van der Waals surface area contributed by atoms with Gasteiger partial charge in [0, 0.05) is 6.54 Å². The molecule has 2 atom stereocenters. The molecule has 1 aromatic carbocycles. The first-order valence-corrected chi connectivity index (χ1v) is 8.08. The summed E-state index contributed by atoms with van der Waals surface area (Å²) in [5.74, 6) is 0.932. The minimum absolute atomic E-state index is 0.187. The molecule has 2 unspecified atom stereocenters. The molecule has 0 saturated carbocycles. The average molecular weight is 291 g/mol. The molecule has 1 aliphatic rings. The van der Waals surface area contributed by atoms with Gasteiger partial charge < -0.3 is 14.8 Å². The van der Waals surface area contributed by atoms with E-state index in [1.165, 1.54) is 5.56 Å². The van der Waals surface area contributed by atoms with E-state index in [-0.39, 0.29) is 11.5 Å². The van der Waals surface area contributed by atoms with Gasteiger partial charge in [0.05, 0.1) is 12.2 Å². The first kappa shape index (κ1) is 16.3. The summed E-state index contributed by atoms with van der Waals surface area (Å²) >= 11 is 0. The van der Waals surface area contributed by atoms with Gasteiger partial charge in [0.15, 0.2) is 0 Å². The fourth-order valence-corrected chi connectivity index (χ4v) is 2.60. The van der Waals surface area contributed by atoms with E-state index in [0.717, 1.165) is 31.7 Å². The van der Waals surface area contributed by atoms with Gasteiger partial charge in [-0.1, -0.05) is 39.8 Å². The van der Waals surface area contributed by atoms with Crippen molar-refractivity contribution < 1.29 is 9.47 Å². The number of hydrogen-bond donors (Lipinski definition) is 1. The summed E-state index contributed by atoms with van der Waals surface area (Å²) in [7, 11) is 0. The topological polar surface area (TPSA) is 30.5 Å². The van der Waals surface area contributed by atoms with Crippen LogP contribution in [0.2, 0.25) is 0 Å². The maximum Gasteiger partial charge on any atom is 0.119 e. The van der Waals surface area contributed by atoms with Crippen LogP contribution in [-0.4, -0.2) is 31.9 Å². The molecule has 0 aromatic heterocycles. The molecule has 1 fully saturated rings. The van der Waals surface area contributed by atoms with Crippen LogP contribution in [-0.2, 0) is 10.2 Å². The zero-order valence-corrected chi connectivity index (χ0v) is 13.8. The molecule has 21 heavy (non-hydrogen) atoms. The molecule has 0 bridgehead atoms. The first-order valence-electron chi connectivity index (χ1n) is 8.08. The highest BCUT2D eigenvalue weighted by atomic mass is 16.5. The van der Waals surface area contributed by atoms with Gasteiger partial charge >= 0.3 is 0 Å². The third-order valence-electron chi connectivity index (χ3n) is 3.97. The fraction of sp³-hybridized carbons (Fsp3) is 0.667. The van der Waals surface area contributed by atoms with Gasteiger partial charge in [-0.05, 0) is 42.5 Å². The van der Waals surface area contributed by atoms with Crippen LogP contribution in [0.15, 0.2) is 24.3 Å². The summed E-state index contributed by atoms with van der Waals surface area (Å²) in [6.07, 6.45) is 2.80. The first-order chi connectivity index (χ1) is 9.99. The van der Waals surface area contributed by atoms with Gasteiger partial charge in [-0.15, -0.1) is 0 Å². The molecule has 118 valence electrons. The highest BCUT2D eigenvalue weighted by molar-refractivity contribution is 5.31. The van der Waals surface area contributed by atoms with Gasteiger partial charge in [-0.3, -0.25) is 0 Å².